The fourth-order valence-corrected chi connectivity index (χ4v) is 2.08. The highest BCUT2D eigenvalue weighted by atomic mass is 19.1. The fraction of sp³-hybridized carbons (Fsp3) is 0.143. The molecule has 90 valence electrons. The van der Waals surface area contributed by atoms with Gasteiger partial charge in [0, 0.05) is 11.3 Å². The van der Waals surface area contributed by atoms with E-state index in [0.717, 1.165) is 22.5 Å². The maximum atomic E-state index is 13.6. The predicted molar refractivity (Wildman–Crippen MR) is 67.9 cm³/mol. The summed E-state index contributed by atoms with van der Waals surface area (Å²) in [5.74, 6) is -0.395. The standard InChI is InChI=1S/C14H12FN3/c1-9-5-3-4-6-11(9)13-7-10(2)18-14(17-13)12(15)8-16-18/h3-8H,1-2H3. The molecule has 0 N–H and O–H groups in total. The molecule has 3 nitrogen and oxygen atoms in total. The number of hydrogen-bond donors (Lipinski definition) is 0. The zero-order valence-electron chi connectivity index (χ0n) is 10.2. The Morgan fingerprint density at radius 3 is 2.72 bits per heavy atom. The summed E-state index contributed by atoms with van der Waals surface area (Å²) >= 11 is 0. The quantitative estimate of drug-likeness (QED) is 0.655. The van der Waals surface area contributed by atoms with Crippen LogP contribution in [0.4, 0.5) is 4.39 Å². The molecule has 0 atom stereocenters. The van der Waals surface area contributed by atoms with E-state index < -0.39 is 5.82 Å². The van der Waals surface area contributed by atoms with Gasteiger partial charge < -0.3 is 0 Å². The summed E-state index contributed by atoms with van der Waals surface area (Å²) in [6.45, 7) is 3.91. The molecule has 4 heteroatoms. The maximum Gasteiger partial charge on any atom is 0.192 e. The third-order valence-corrected chi connectivity index (χ3v) is 3.03. The van der Waals surface area contributed by atoms with Gasteiger partial charge in [-0.25, -0.2) is 13.9 Å². The normalized spacial score (nSPS) is 11.1. The van der Waals surface area contributed by atoms with E-state index in [1.165, 1.54) is 10.7 Å². The molecule has 3 aromatic rings. The van der Waals surface area contributed by atoms with Gasteiger partial charge in [0.25, 0.3) is 0 Å². The van der Waals surface area contributed by atoms with Gasteiger partial charge >= 0.3 is 0 Å². The zero-order chi connectivity index (χ0) is 12.7. The minimum absolute atomic E-state index is 0.272. The molecule has 0 saturated heterocycles. The molecule has 1 aromatic carbocycles. The Bertz CT molecular complexity index is 731. The Balaban J connectivity index is 2.31. The van der Waals surface area contributed by atoms with E-state index in [0.29, 0.717) is 0 Å². The Hall–Kier alpha value is -2.23. The SMILES string of the molecule is Cc1ccccc1-c1cc(C)n2ncc(F)c2n1. The largest absolute Gasteiger partial charge is 0.226 e. The Morgan fingerprint density at radius 1 is 1.17 bits per heavy atom. The third kappa shape index (κ3) is 1.57. The van der Waals surface area contributed by atoms with Crippen LogP contribution in [0.1, 0.15) is 11.3 Å². The average Bonchev–Trinajstić information content (AvgIpc) is 2.72. The first kappa shape index (κ1) is 10.9. The molecule has 0 aliphatic rings. The predicted octanol–water partition coefficient (Wildman–Crippen LogP) is 3.15. The number of rotatable bonds is 1. The molecule has 2 heterocycles. The fourth-order valence-electron chi connectivity index (χ4n) is 2.08. The monoisotopic (exact) mass is 241 g/mol. The third-order valence-electron chi connectivity index (χ3n) is 3.03. The highest BCUT2D eigenvalue weighted by Gasteiger charge is 2.11. The summed E-state index contributed by atoms with van der Waals surface area (Å²) in [4.78, 5) is 4.35. The van der Waals surface area contributed by atoms with Crippen molar-refractivity contribution in [3.05, 3.63) is 53.6 Å². The number of aryl methyl sites for hydroxylation is 2. The van der Waals surface area contributed by atoms with Gasteiger partial charge in [-0.2, -0.15) is 5.10 Å². The van der Waals surface area contributed by atoms with Crippen LogP contribution in [0.2, 0.25) is 0 Å². The molecule has 0 fully saturated rings. The maximum absolute atomic E-state index is 13.6. The second-order valence-corrected chi connectivity index (χ2v) is 4.33. The van der Waals surface area contributed by atoms with Gasteiger partial charge in [0.15, 0.2) is 11.5 Å². The number of aromatic nitrogens is 3. The lowest BCUT2D eigenvalue weighted by molar-refractivity contribution is 0.636. The Labute approximate surface area is 104 Å². The van der Waals surface area contributed by atoms with E-state index in [9.17, 15) is 4.39 Å². The van der Waals surface area contributed by atoms with Crippen LogP contribution < -0.4 is 0 Å². The lowest BCUT2D eigenvalue weighted by Crippen LogP contribution is -1.98. The number of fused-ring (bicyclic) bond motifs is 1. The summed E-state index contributed by atoms with van der Waals surface area (Å²) in [5.41, 5.74) is 4.05. The Morgan fingerprint density at radius 2 is 1.94 bits per heavy atom. The van der Waals surface area contributed by atoms with E-state index in [1.54, 1.807) is 0 Å². The molecule has 18 heavy (non-hydrogen) atoms. The number of halogens is 1. The molecule has 0 saturated carbocycles. The summed E-state index contributed by atoms with van der Waals surface area (Å²) in [7, 11) is 0. The van der Waals surface area contributed by atoms with Crippen LogP contribution in [-0.2, 0) is 0 Å². The molecule has 0 unspecified atom stereocenters. The van der Waals surface area contributed by atoms with Crippen LogP contribution in [0.3, 0.4) is 0 Å². The molecular formula is C14H12FN3. The van der Waals surface area contributed by atoms with Crippen molar-refractivity contribution >= 4 is 5.65 Å². The van der Waals surface area contributed by atoms with E-state index in [-0.39, 0.29) is 5.65 Å². The number of hydrogen-bond acceptors (Lipinski definition) is 2. The smallest absolute Gasteiger partial charge is 0.192 e. The molecule has 0 bridgehead atoms. The molecular weight excluding hydrogens is 229 g/mol. The molecule has 0 aliphatic heterocycles. The molecule has 0 spiro atoms. The Kier molecular flexibility index (Phi) is 2.37. The van der Waals surface area contributed by atoms with Crippen molar-refractivity contribution in [3.63, 3.8) is 0 Å². The minimum atomic E-state index is -0.395. The van der Waals surface area contributed by atoms with E-state index in [2.05, 4.69) is 10.1 Å². The molecule has 0 radical (unpaired) electrons. The van der Waals surface area contributed by atoms with Gasteiger partial charge in [-0.3, -0.25) is 0 Å². The van der Waals surface area contributed by atoms with Crippen molar-refractivity contribution in [3.8, 4) is 11.3 Å². The van der Waals surface area contributed by atoms with E-state index in [4.69, 9.17) is 0 Å². The number of benzene rings is 1. The van der Waals surface area contributed by atoms with Gasteiger partial charge in [0.1, 0.15) is 0 Å². The molecule has 3 rings (SSSR count). The van der Waals surface area contributed by atoms with E-state index in [1.807, 2.05) is 44.2 Å². The highest BCUT2D eigenvalue weighted by Crippen LogP contribution is 2.23. The molecule has 0 amide bonds. The lowest BCUT2D eigenvalue weighted by Gasteiger charge is -2.07. The van der Waals surface area contributed by atoms with Gasteiger partial charge in [0.2, 0.25) is 0 Å². The van der Waals surface area contributed by atoms with Crippen LogP contribution in [-0.4, -0.2) is 14.6 Å². The van der Waals surface area contributed by atoms with Crippen molar-refractivity contribution in [1.29, 1.82) is 0 Å². The first-order chi connectivity index (χ1) is 8.66. The van der Waals surface area contributed by atoms with Gasteiger partial charge in [-0.1, -0.05) is 24.3 Å². The van der Waals surface area contributed by atoms with Crippen LogP contribution in [0.25, 0.3) is 16.9 Å². The highest BCUT2D eigenvalue weighted by molar-refractivity contribution is 5.65. The zero-order valence-corrected chi connectivity index (χ0v) is 10.2. The summed E-state index contributed by atoms with van der Waals surface area (Å²) in [5, 5.41) is 3.95. The van der Waals surface area contributed by atoms with Crippen LogP contribution in [0.15, 0.2) is 36.5 Å². The summed E-state index contributed by atoms with van der Waals surface area (Å²) < 4.78 is 15.1. The average molecular weight is 241 g/mol. The van der Waals surface area contributed by atoms with Crippen LogP contribution in [0, 0.1) is 19.7 Å². The first-order valence-electron chi connectivity index (χ1n) is 5.73. The summed E-state index contributed by atoms with van der Waals surface area (Å²) in [6.07, 6.45) is 1.19. The van der Waals surface area contributed by atoms with Crippen LogP contribution in [0.5, 0.6) is 0 Å². The van der Waals surface area contributed by atoms with Crippen molar-refractivity contribution in [1.82, 2.24) is 14.6 Å². The van der Waals surface area contributed by atoms with E-state index >= 15 is 0 Å². The van der Waals surface area contributed by atoms with Crippen molar-refractivity contribution in [2.24, 2.45) is 0 Å². The minimum Gasteiger partial charge on any atom is -0.226 e. The molecule has 2 aromatic heterocycles. The first-order valence-corrected chi connectivity index (χ1v) is 5.73. The van der Waals surface area contributed by atoms with Gasteiger partial charge in [-0.15, -0.1) is 0 Å². The summed E-state index contributed by atoms with van der Waals surface area (Å²) in [6, 6.07) is 9.85. The second kappa shape index (κ2) is 3.91. The lowest BCUT2D eigenvalue weighted by atomic mass is 10.1. The topological polar surface area (TPSA) is 30.2 Å². The number of nitrogens with zero attached hydrogens (tertiary/aromatic N) is 3. The second-order valence-electron chi connectivity index (χ2n) is 4.33. The van der Waals surface area contributed by atoms with Gasteiger partial charge in [-0.05, 0) is 25.5 Å². The van der Waals surface area contributed by atoms with Gasteiger partial charge in [0.05, 0.1) is 11.9 Å². The van der Waals surface area contributed by atoms with Crippen LogP contribution >= 0.6 is 0 Å². The van der Waals surface area contributed by atoms with Crippen molar-refractivity contribution < 1.29 is 4.39 Å². The van der Waals surface area contributed by atoms with Crippen molar-refractivity contribution in [2.75, 3.05) is 0 Å². The molecule has 0 aliphatic carbocycles. The van der Waals surface area contributed by atoms with Crippen molar-refractivity contribution in [2.45, 2.75) is 13.8 Å².